The molecule has 1 unspecified atom stereocenters. The lowest BCUT2D eigenvalue weighted by Crippen LogP contribution is -2.51. The Morgan fingerprint density at radius 3 is 2.82 bits per heavy atom. The molecule has 2 saturated heterocycles. The maximum atomic E-state index is 14.8. The number of hydrogen-bond donors (Lipinski definition) is 0. The fourth-order valence-electron chi connectivity index (χ4n) is 3.70. The number of non-ortho nitro benzene ring substituents is 1. The molecule has 2 aliphatic rings. The van der Waals surface area contributed by atoms with Gasteiger partial charge in [-0.2, -0.15) is 0 Å². The minimum Gasteiger partial charge on any atom is -0.489 e. The van der Waals surface area contributed by atoms with Crippen molar-refractivity contribution >= 4 is 11.4 Å². The normalized spacial score (nSPS) is 23.6. The van der Waals surface area contributed by atoms with Crippen molar-refractivity contribution in [2.75, 3.05) is 51.4 Å². The molecule has 0 saturated carbocycles. The van der Waals surface area contributed by atoms with E-state index < -0.39 is 10.7 Å². The van der Waals surface area contributed by atoms with Crippen LogP contribution >= 0.6 is 0 Å². The van der Waals surface area contributed by atoms with Crippen LogP contribution in [-0.2, 0) is 9.47 Å². The molecule has 0 amide bonds. The lowest BCUT2D eigenvalue weighted by atomic mass is 10.1. The Hall–Kier alpha value is -1.97. The van der Waals surface area contributed by atoms with Gasteiger partial charge in [0, 0.05) is 32.3 Å². The third-order valence-corrected chi connectivity index (χ3v) is 5.12. The average molecular weight is 397 g/mol. The first-order valence-corrected chi connectivity index (χ1v) is 9.75. The topological polar surface area (TPSA) is 77.3 Å². The second-order valence-corrected chi connectivity index (χ2v) is 7.35. The van der Waals surface area contributed by atoms with E-state index in [2.05, 4.69) is 4.90 Å². The number of anilines is 1. The van der Waals surface area contributed by atoms with Gasteiger partial charge in [0.1, 0.15) is 12.3 Å². The highest BCUT2D eigenvalue weighted by Crippen LogP contribution is 2.37. The number of rotatable bonds is 7. The van der Waals surface area contributed by atoms with E-state index in [9.17, 15) is 14.5 Å². The quantitative estimate of drug-likeness (QED) is 0.398. The Morgan fingerprint density at radius 1 is 1.32 bits per heavy atom. The van der Waals surface area contributed by atoms with Crippen LogP contribution in [0.2, 0.25) is 0 Å². The molecule has 0 aromatic heterocycles. The van der Waals surface area contributed by atoms with Gasteiger partial charge < -0.3 is 24.0 Å². The van der Waals surface area contributed by atoms with Crippen LogP contribution in [0.4, 0.5) is 15.8 Å². The lowest BCUT2D eigenvalue weighted by Gasteiger charge is -2.40. The summed E-state index contributed by atoms with van der Waals surface area (Å²) in [5.41, 5.74) is -0.0466. The number of nitrogens with zero attached hydrogens (tertiary/aromatic N) is 3. The van der Waals surface area contributed by atoms with E-state index in [-0.39, 0.29) is 42.7 Å². The van der Waals surface area contributed by atoms with Gasteiger partial charge in [0.2, 0.25) is 0 Å². The van der Waals surface area contributed by atoms with Crippen LogP contribution in [0.3, 0.4) is 0 Å². The monoisotopic (exact) mass is 397 g/mol. The van der Waals surface area contributed by atoms with Gasteiger partial charge in [-0.1, -0.05) is 0 Å². The van der Waals surface area contributed by atoms with E-state index in [0.717, 1.165) is 38.4 Å². The summed E-state index contributed by atoms with van der Waals surface area (Å²) < 4.78 is 31.7. The zero-order chi connectivity index (χ0) is 20.1. The van der Waals surface area contributed by atoms with Crippen molar-refractivity contribution in [1.29, 1.82) is 0 Å². The van der Waals surface area contributed by atoms with Gasteiger partial charge in [-0.15, -0.1) is 0 Å². The van der Waals surface area contributed by atoms with Crippen LogP contribution in [0.5, 0.6) is 5.75 Å². The highest BCUT2D eigenvalue weighted by atomic mass is 19.1. The standard InChI is InChI=1S/C19H28FN3O5/c1-14-13-21(2)6-7-22(14)19-16(20)11-15(23(24)25)12-17(19)26-9-10-28-18-5-3-4-8-27-18/h11-12,14,18H,3-10,13H2,1-2H3/t14-,18?/m0/s1. The molecule has 28 heavy (non-hydrogen) atoms. The number of piperazine rings is 1. The summed E-state index contributed by atoms with van der Waals surface area (Å²) in [4.78, 5) is 14.6. The summed E-state index contributed by atoms with van der Waals surface area (Å²) in [6, 6.07) is 2.31. The van der Waals surface area contributed by atoms with Crippen LogP contribution in [0.1, 0.15) is 26.2 Å². The molecule has 8 nitrogen and oxygen atoms in total. The Morgan fingerprint density at radius 2 is 2.14 bits per heavy atom. The highest BCUT2D eigenvalue weighted by molar-refractivity contribution is 5.64. The van der Waals surface area contributed by atoms with Crippen LogP contribution in [0.25, 0.3) is 0 Å². The molecule has 1 aromatic carbocycles. The lowest BCUT2D eigenvalue weighted by molar-refractivity contribution is -0.385. The summed E-state index contributed by atoms with van der Waals surface area (Å²) >= 11 is 0. The predicted octanol–water partition coefficient (Wildman–Crippen LogP) is 2.80. The number of hydrogen-bond acceptors (Lipinski definition) is 7. The summed E-state index contributed by atoms with van der Waals surface area (Å²) in [5.74, 6) is -0.464. The number of ether oxygens (including phenoxy) is 3. The average Bonchev–Trinajstić information content (AvgIpc) is 2.66. The second-order valence-electron chi connectivity index (χ2n) is 7.35. The largest absolute Gasteiger partial charge is 0.489 e. The fourth-order valence-corrected chi connectivity index (χ4v) is 3.70. The van der Waals surface area contributed by atoms with Crippen LogP contribution < -0.4 is 9.64 Å². The molecule has 156 valence electrons. The van der Waals surface area contributed by atoms with Crippen molar-refractivity contribution in [3.05, 3.63) is 28.1 Å². The molecule has 9 heteroatoms. The van der Waals surface area contributed by atoms with E-state index in [4.69, 9.17) is 14.2 Å². The zero-order valence-corrected chi connectivity index (χ0v) is 16.4. The maximum Gasteiger partial charge on any atom is 0.276 e. The molecule has 1 aromatic rings. The van der Waals surface area contributed by atoms with Crippen molar-refractivity contribution in [2.24, 2.45) is 0 Å². The number of benzene rings is 1. The summed E-state index contributed by atoms with van der Waals surface area (Å²) in [5, 5.41) is 11.2. The SMILES string of the molecule is C[C@H]1CN(C)CCN1c1c(F)cc([N+](=O)[O-])cc1OCCOC1CCCCO1. The first kappa shape index (κ1) is 20.8. The molecule has 0 radical (unpaired) electrons. The van der Waals surface area contributed by atoms with Crippen LogP contribution in [0.15, 0.2) is 12.1 Å². The smallest absolute Gasteiger partial charge is 0.276 e. The van der Waals surface area contributed by atoms with Crippen molar-refractivity contribution in [3.8, 4) is 5.75 Å². The van der Waals surface area contributed by atoms with Gasteiger partial charge in [-0.25, -0.2) is 4.39 Å². The maximum absolute atomic E-state index is 14.8. The number of nitro benzene ring substituents is 1. The Bertz CT molecular complexity index is 684. The van der Waals surface area contributed by atoms with E-state index in [1.54, 1.807) is 0 Å². The van der Waals surface area contributed by atoms with Gasteiger partial charge >= 0.3 is 0 Å². The Kier molecular flexibility index (Phi) is 7.03. The van der Waals surface area contributed by atoms with Gasteiger partial charge in [0.05, 0.1) is 23.7 Å². The molecular formula is C19H28FN3O5. The third kappa shape index (κ3) is 5.09. The van der Waals surface area contributed by atoms with Crippen LogP contribution in [0, 0.1) is 15.9 Å². The molecular weight excluding hydrogens is 369 g/mol. The minimum atomic E-state index is -0.642. The Balaban J connectivity index is 1.72. The van der Waals surface area contributed by atoms with Gasteiger partial charge in [0.25, 0.3) is 5.69 Å². The predicted molar refractivity (Wildman–Crippen MR) is 102 cm³/mol. The Labute approximate surface area is 164 Å². The number of likely N-dealkylation sites (N-methyl/N-ethyl adjacent to an activating group) is 1. The van der Waals surface area contributed by atoms with Crippen LogP contribution in [-0.4, -0.2) is 68.7 Å². The summed E-state index contributed by atoms with van der Waals surface area (Å²) in [6.45, 7) is 5.30. The van der Waals surface area contributed by atoms with E-state index >= 15 is 0 Å². The van der Waals surface area contributed by atoms with Gasteiger partial charge in [0.15, 0.2) is 17.9 Å². The molecule has 0 bridgehead atoms. The van der Waals surface area contributed by atoms with Gasteiger partial charge in [-0.05, 0) is 33.2 Å². The highest BCUT2D eigenvalue weighted by Gasteiger charge is 2.29. The van der Waals surface area contributed by atoms with Crippen molar-refractivity contribution in [1.82, 2.24) is 4.90 Å². The zero-order valence-electron chi connectivity index (χ0n) is 16.4. The molecule has 0 aliphatic carbocycles. The van der Waals surface area contributed by atoms with Crippen molar-refractivity contribution < 1.29 is 23.5 Å². The summed E-state index contributed by atoms with van der Waals surface area (Å²) in [6.07, 6.45) is 2.70. The molecule has 2 fully saturated rings. The molecule has 3 rings (SSSR count). The summed E-state index contributed by atoms with van der Waals surface area (Å²) in [7, 11) is 2.02. The first-order valence-electron chi connectivity index (χ1n) is 9.75. The molecule has 2 aliphatic heterocycles. The molecule has 0 spiro atoms. The fraction of sp³-hybridized carbons (Fsp3) is 0.684. The molecule has 0 N–H and O–H groups in total. The first-order chi connectivity index (χ1) is 13.5. The van der Waals surface area contributed by atoms with E-state index in [1.165, 1.54) is 6.07 Å². The van der Waals surface area contributed by atoms with E-state index in [1.807, 2.05) is 18.9 Å². The van der Waals surface area contributed by atoms with Crippen molar-refractivity contribution in [2.45, 2.75) is 38.5 Å². The number of halogens is 1. The van der Waals surface area contributed by atoms with Gasteiger partial charge in [-0.3, -0.25) is 10.1 Å². The number of nitro groups is 1. The molecule has 2 heterocycles. The minimum absolute atomic E-state index is 0.0592. The van der Waals surface area contributed by atoms with E-state index in [0.29, 0.717) is 13.2 Å². The third-order valence-electron chi connectivity index (χ3n) is 5.12. The van der Waals surface area contributed by atoms with Crippen molar-refractivity contribution in [3.63, 3.8) is 0 Å². The molecule has 2 atom stereocenters. The second kappa shape index (κ2) is 9.49.